The van der Waals surface area contributed by atoms with Gasteiger partial charge < -0.3 is 65.7 Å². The van der Waals surface area contributed by atoms with Crippen LogP contribution in [-0.4, -0.2) is 54.5 Å². The molecule has 1 atom stereocenters. The number of benzene rings is 2. The number of aliphatic hydroxyl groups is 1. The predicted octanol–water partition coefficient (Wildman–Crippen LogP) is -3.32. The summed E-state index contributed by atoms with van der Waals surface area (Å²) in [6.07, 6.45) is 0.784. The predicted molar refractivity (Wildman–Crippen MR) is 123 cm³/mol. The van der Waals surface area contributed by atoms with Gasteiger partial charge in [-0.25, -0.2) is 9.59 Å². The van der Waals surface area contributed by atoms with Crippen molar-refractivity contribution in [2.45, 2.75) is 22.5 Å². The number of nitrogen functional groups attached to an aromatic ring is 2. The molecule has 0 bridgehead atoms. The molecular weight excluding hydrogens is 464 g/mol. The molecule has 1 unspecified atom stereocenters. The first-order valence-electron chi connectivity index (χ1n) is 9.72. The molecule has 0 fully saturated rings. The van der Waals surface area contributed by atoms with Crippen LogP contribution in [0.4, 0.5) is 11.4 Å². The standard InChI is InChI=1S/C20H26N8O7/c21-12-5-17(24,35)18(20(27,28)19(12,25)26,6-1-8(15(31)32)13(22)10(29)3-6)7-2-9(16(33)34)14(23)11(30)4-7/h1-5,29-30,35H,21-28H2,(H,31,32)(H,33,34). The van der Waals surface area contributed by atoms with Gasteiger partial charge in [0.2, 0.25) is 0 Å². The zero-order chi connectivity index (χ0) is 26.9. The zero-order valence-corrected chi connectivity index (χ0v) is 18.1. The molecule has 1 aliphatic carbocycles. The molecule has 1 aliphatic rings. The van der Waals surface area contributed by atoms with E-state index in [4.69, 9.17) is 45.9 Å². The van der Waals surface area contributed by atoms with Gasteiger partial charge >= 0.3 is 11.9 Å². The minimum absolute atomic E-state index is 0.416. The van der Waals surface area contributed by atoms with Crippen LogP contribution >= 0.6 is 0 Å². The fourth-order valence-electron chi connectivity index (χ4n) is 4.51. The Hall–Kier alpha value is -4.12. The van der Waals surface area contributed by atoms with Crippen LogP contribution in [0, 0.1) is 0 Å². The van der Waals surface area contributed by atoms with Crippen molar-refractivity contribution in [3.63, 3.8) is 0 Å². The number of hydrogen-bond acceptors (Lipinski definition) is 13. The second kappa shape index (κ2) is 7.44. The van der Waals surface area contributed by atoms with E-state index in [1.807, 2.05) is 0 Å². The molecular formula is C20H26N8O7. The van der Waals surface area contributed by atoms with Gasteiger partial charge in [-0.1, -0.05) is 0 Å². The van der Waals surface area contributed by atoms with Crippen molar-refractivity contribution in [2.24, 2.45) is 34.4 Å². The highest BCUT2D eigenvalue weighted by atomic mass is 16.4. The minimum Gasteiger partial charge on any atom is -0.506 e. The first kappa shape index (κ1) is 25.5. The molecule has 0 spiro atoms. The zero-order valence-electron chi connectivity index (χ0n) is 18.1. The van der Waals surface area contributed by atoms with Crippen LogP contribution in [-0.2, 0) is 5.41 Å². The van der Waals surface area contributed by atoms with Gasteiger partial charge in [0.05, 0.1) is 22.5 Å². The van der Waals surface area contributed by atoms with Crippen LogP contribution in [0.3, 0.4) is 0 Å². The van der Waals surface area contributed by atoms with E-state index in [1.54, 1.807) is 0 Å². The Labute approximate surface area is 197 Å². The molecule has 0 saturated carbocycles. The number of carboxylic acids is 2. The lowest BCUT2D eigenvalue weighted by molar-refractivity contribution is -0.0433. The summed E-state index contributed by atoms with van der Waals surface area (Å²) in [4.78, 5) is 23.7. The van der Waals surface area contributed by atoms with Crippen LogP contribution < -0.4 is 45.9 Å². The number of phenols is 2. The summed E-state index contributed by atoms with van der Waals surface area (Å²) in [6, 6.07) is 3.52. The number of anilines is 2. The Balaban J connectivity index is 2.68. The fraction of sp³-hybridized carbons (Fsp3) is 0.200. The molecule has 0 saturated heterocycles. The average molecular weight is 490 g/mol. The maximum Gasteiger partial charge on any atom is 0.337 e. The summed E-state index contributed by atoms with van der Waals surface area (Å²) in [5.74, 6) is -4.77. The topological polar surface area (TPSA) is 343 Å². The third kappa shape index (κ3) is 3.15. The first-order valence-corrected chi connectivity index (χ1v) is 9.72. The van der Waals surface area contributed by atoms with Gasteiger partial charge in [0.25, 0.3) is 0 Å². The van der Waals surface area contributed by atoms with E-state index in [1.165, 1.54) is 0 Å². The fourth-order valence-corrected chi connectivity index (χ4v) is 4.51. The third-order valence-corrected chi connectivity index (χ3v) is 6.40. The van der Waals surface area contributed by atoms with Gasteiger partial charge in [0.1, 0.15) is 28.2 Å². The van der Waals surface area contributed by atoms with Crippen molar-refractivity contribution in [2.75, 3.05) is 11.5 Å². The molecule has 0 radical (unpaired) electrons. The van der Waals surface area contributed by atoms with Crippen LogP contribution in [0.15, 0.2) is 36.0 Å². The number of hydrogen-bond donors (Lipinski definition) is 13. The number of nitrogens with two attached hydrogens (primary N) is 8. The molecule has 15 heteroatoms. The summed E-state index contributed by atoms with van der Waals surface area (Å²) >= 11 is 0. The summed E-state index contributed by atoms with van der Waals surface area (Å²) in [5.41, 5.74) is 34.5. The van der Waals surface area contributed by atoms with E-state index in [0.29, 0.717) is 0 Å². The van der Waals surface area contributed by atoms with Crippen molar-refractivity contribution in [1.82, 2.24) is 0 Å². The summed E-state index contributed by atoms with van der Waals surface area (Å²) < 4.78 is 0. The maximum atomic E-state index is 11.8. The Morgan fingerprint density at radius 3 is 1.43 bits per heavy atom. The van der Waals surface area contributed by atoms with Gasteiger partial charge in [-0.05, 0) is 41.5 Å². The molecule has 2 aromatic rings. The molecule has 188 valence electrons. The summed E-state index contributed by atoms with van der Waals surface area (Å²) in [5, 5.41) is 51.6. The van der Waals surface area contributed by atoms with Crippen LogP contribution in [0.1, 0.15) is 31.8 Å². The molecule has 2 aromatic carbocycles. The average Bonchev–Trinajstić information content (AvgIpc) is 2.70. The van der Waals surface area contributed by atoms with Gasteiger partial charge in [0.15, 0.2) is 5.72 Å². The Bertz CT molecular complexity index is 1230. The second-order valence-electron chi connectivity index (χ2n) is 8.44. The van der Waals surface area contributed by atoms with E-state index < -0.39 is 85.2 Å². The summed E-state index contributed by atoms with van der Waals surface area (Å²) in [7, 11) is 0. The van der Waals surface area contributed by atoms with Crippen molar-refractivity contribution in [3.05, 3.63) is 58.3 Å². The molecule has 0 amide bonds. The lowest BCUT2D eigenvalue weighted by atomic mass is 9.53. The highest BCUT2D eigenvalue weighted by Crippen LogP contribution is 2.53. The van der Waals surface area contributed by atoms with Crippen LogP contribution in [0.2, 0.25) is 0 Å². The number of phenolic OH excluding ortho intramolecular Hbond substituents is 2. The van der Waals surface area contributed by atoms with E-state index in [-0.39, 0.29) is 0 Å². The third-order valence-electron chi connectivity index (χ3n) is 6.40. The van der Waals surface area contributed by atoms with Gasteiger partial charge in [-0.15, -0.1) is 0 Å². The van der Waals surface area contributed by atoms with Crippen molar-refractivity contribution in [3.8, 4) is 11.5 Å². The van der Waals surface area contributed by atoms with E-state index in [2.05, 4.69) is 0 Å². The Morgan fingerprint density at radius 1 is 0.714 bits per heavy atom. The molecule has 21 N–H and O–H groups in total. The number of aromatic hydroxyl groups is 2. The van der Waals surface area contributed by atoms with E-state index >= 15 is 0 Å². The molecule has 0 aromatic heterocycles. The lowest BCUT2D eigenvalue weighted by Gasteiger charge is -2.61. The molecule has 3 rings (SSSR count). The van der Waals surface area contributed by atoms with Crippen molar-refractivity contribution in [1.29, 1.82) is 0 Å². The van der Waals surface area contributed by atoms with Crippen LogP contribution in [0.5, 0.6) is 11.5 Å². The largest absolute Gasteiger partial charge is 0.506 e. The highest BCUT2D eigenvalue weighted by Gasteiger charge is 2.70. The monoisotopic (exact) mass is 490 g/mol. The summed E-state index contributed by atoms with van der Waals surface area (Å²) in [6.45, 7) is 0. The van der Waals surface area contributed by atoms with Gasteiger partial charge in [0, 0.05) is 5.70 Å². The Kier molecular flexibility index (Phi) is 5.42. The molecule has 35 heavy (non-hydrogen) atoms. The highest BCUT2D eigenvalue weighted by molar-refractivity contribution is 5.97. The van der Waals surface area contributed by atoms with Crippen molar-refractivity contribution < 1.29 is 35.1 Å². The number of aromatic carboxylic acids is 2. The minimum atomic E-state index is -2.79. The quantitative estimate of drug-likeness (QED) is 0.113. The molecule has 15 nitrogen and oxygen atoms in total. The smallest absolute Gasteiger partial charge is 0.337 e. The van der Waals surface area contributed by atoms with Gasteiger partial charge in [-0.3, -0.25) is 5.73 Å². The van der Waals surface area contributed by atoms with Gasteiger partial charge in [-0.2, -0.15) is 0 Å². The van der Waals surface area contributed by atoms with Crippen molar-refractivity contribution >= 4 is 23.3 Å². The molecule has 0 heterocycles. The number of carbonyl (C=O) groups is 2. The first-order chi connectivity index (χ1) is 15.8. The van der Waals surface area contributed by atoms with E-state index in [0.717, 1.165) is 30.3 Å². The normalized spacial score (nSPS) is 22.3. The molecule has 0 aliphatic heterocycles. The Morgan fingerprint density at radius 2 is 1.09 bits per heavy atom. The SMILES string of the molecule is NC1=CC(N)(O)C(c2cc(O)c(N)c(C(=O)O)c2)(c2cc(O)c(N)c(C(=O)O)c2)C(N)(N)C1(N)N. The van der Waals surface area contributed by atoms with Crippen LogP contribution in [0.25, 0.3) is 0 Å². The van der Waals surface area contributed by atoms with E-state index in [9.17, 15) is 35.1 Å². The second-order valence-corrected chi connectivity index (χ2v) is 8.44. The maximum absolute atomic E-state index is 11.8. The lowest BCUT2D eigenvalue weighted by Crippen LogP contribution is -2.91. The number of carboxylic acid groups (broad SMARTS) is 2. The number of rotatable bonds is 4.